The first-order chi connectivity index (χ1) is 10.0. The summed E-state index contributed by atoms with van der Waals surface area (Å²) in [5.74, 6) is 0.639. The van der Waals surface area contributed by atoms with Gasteiger partial charge in [0, 0.05) is 32.9 Å². The Labute approximate surface area is 127 Å². The Balaban J connectivity index is 3.12. The number of methoxy groups -OCH3 is 1. The van der Waals surface area contributed by atoms with Gasteiger partial charge in [-0.1, -0.05) is 13.8 Å². The van der Waals surface area contributed by atoms with E-state index in [0.29, 0.717) is 19.0 Å². The van der Waals surface area contributed by atoms with Gasteiger partial charge in [-0.3, -0.25) is 0 Å². The SMILES string of the molecule is CCC(CC)N(CCOC)S(=O)(=O)c1ccc(NC)nc1. The molecule has 1 rings (SSSR count). The molecular weight excluding hydrogens is 290 g/mol. The lowest BCUT2D eigenvalue weighted by Crippen LogP contribution is -2.41. The van der Waals surface area contributed by atoms with Crippen LogP contribution in [0.1, 0.15) is 26.7 Å². The molecule has 1 aromatic rings. The summed E-state index contributed by atoms with van der Waals surface area (Å²) >= 11 is 0. The van der Waals surface area contributed by atoms with E-state index in [9.17, 15) is 8.42 Å². The van der Waals surface area contributed by atoms with Gasteiger partial charge in [-0.15, -0.1) is 0 Å². The molecule has 0 amide bonds. The summed E-state index contributed by atoms with van der Waals surface area (Å²) in [6.07, 6.45) is 2.92. The highest BCUT2D eigenvalue weighted by Crippen LogP contribution is 2.21. The van der Waals surface area contributed by atoms with E-state index < -0.39 is 10.0 Å². The average Bonchev–Trinajstić information content (AvgIpc) is 2.51. The summed E-state index contributed by atoms with van der Waals surface area (Å²) in [6.45, 7) is 4.70. The lowest BCUT2D eigenvalue weighted by atomic mass is 10.2. The van der Waals surface area contributed by atoms with Gasteiger partial charge in [0.25, 0.3) is 0 Å². The molecule has 1 heterocycles. The minimum Gasteiger partial charge on any atom is -0.383 e. The second-order valence-electron chi connectivity index (χ2n) is 4.71. The van der Waals surface area contributed by atoms with E-state index in [1.807, 2.05) is 13.8 Å². The number of anilines is 1. The number of nitrogens with one attached hydrogen (secondary N) is 1. The number of rotatable bonds is 9. The van der Waals surface area contributed by atoms with Gasteiger partial charge in [0.1, 0.15) is 10.7 Å². The van der Waals surface area contributed by atoms with E-state index in [-0.39, 0.29) is 10.9 Å². The highest BCUT2D eigenvalue weighted by atomic mass is 32.2. The maximum absolute atomic E-state index is 12.8. The summed E-state index contributed by atoms with van der Waals surface area (Å²) in [5.41, 5.74) is 0. The molecule has 0 saturated carbocycles. The molecule has 0 aliphatic heterocycles. The number of nitrogens with zero attached hydrogens (tertiary/aromatic N) is 2. The van der Waals surface area contributed by atoms with E-state index in [4.69, 9.17) is 4.74 Å². The van der Waals surface area contributed by atoms with E-state index in [1.54, 1.807) is 26.3 Å². The fourth-order valence-corrected chi connectivity index (χ4v) is 3.89. The summed E-state index contributed by atoms with van der Waals surface area (Å²) in [5, 5.41) is 2.87. The molecule has 6 nitrogen and oxygen atoms in total. The average molecular weight is 315 g/mol. The van der Waals surface area contributed by atoms with Crippen molar-refractivity contribution < 1.29 is 13.2 Å². The first kappa shape index (κ1) is 17.9. The van der Waals surface area contributed by atoms with Crippen molar-refractivity contribution in [3.05, 3.63) is 18.3 Å². The van der Waals surface area contributed by atoms with Crippen molar-refractivity contribution in [1.82, 2.24) is 9.29 Å². The summed E-state index contributed by atoms with van der Waals surface area (Å²) in [6, 6.07) is 3.21. The molecule has 0 aliphatic rings. The predicted molar refractivity (Wildman–Crippen MR) is 83.9 cm³/mol. The second kappa shape index (κ2) is 8.31. The van der Waals surface area contributed by atoms with Gasteiger partial charge in [-0.2, -0.15) is 4.31 Å². The Kier molecular flexibility index (Phi) is 7.07. The number of ether oxygens (including phenoxy) is 1. The quantitative estimate of drug-likeness (QED) is 0.754. The van der Waals surface area contributed by atoms with E-state index >= 15 is 0 Å². The molecule has 0 unspecified atom stereocenters. The van der Waals surface area contributed by atoms with Crippen molar-refractivity contribution in [3.63, 3.8) is 0 Å². The van der Waals surface area contributed by atoms with Gasteiger partial charge < -0.3 is 10.1 Å². The summed E-state index contributed by atoms with van der Waals surface area (Å²) in [4.78, 5) is 4.30. The molecule has 21 heavy (non-hydrogen) atoms. The van der Waals surface area contributed by atoms with Crippen LogP contribution >= 0.6 is 0 Å². The van der Waals surface area contributed by atoms with Crippen molar-refractivity contribution >= 4 is 15.8 Å². The van der Waals surface area contributed by atoms with Gasteiger partial charge in [-0.05, 0) is 25.0 Å². The van der Waals surface area contributed by atoms with Crippen molar-refractivity contribution in [1.29, 1.82) is 0 Å². The zero-order chi connectivity index (χ0) is 15.9. The first-order valence-corrected chi connectivity index (χ1v) is 8.59. The number of aromatic nitrogens is 1. The molecule has 0 spiro atoms. The molecule has 0 aliphatic carbocycles. The van der Waals surface area contributed by atoms with Crippen LogP contribution < -0.4 is 5.32 Å². The van der Waals surface area contributed by atoms with E-state index in [2.05, 4.69) is 10.3 Å². The highest BCUT2D eigenvalue weighted by Gasteiger charge is 2.29. The lowest BCUT2D eigenvalue weighted by Gasteiger charge is -2.29. The minimum absolute atomic E-state index is 0.0332. The topological polar surface area (TPSA) is 71.5 Å². The fourth-order valence-electron chi connectivity index (χ4n) is 2.19. The Hall–Kier alpha value is -1.18. The van der Waals surface area contributed by atoms with Crippen LogP contribution in [-0.4, -0.2) is 51.1 Å². The lowest BCUT2D eigenvalue weighted by molar-refractivity contribution is 0.163. The number of hydrogen-bond acceptors (Lipinski definition) is 5. The molecule has 0 atom stereocenters. The fraction of sp³-hybridized carbons (Fsp3) is 0.643. The Bertz CT molecular complexity index is 513. The van der Waals surface area contributed by atoms with Crippen molar-refractivity contribution in [2.75, 3.05) is 32.6 Å². The van der Waals surface area contributed by atoms with Crippen LogP contribution in [0.2, 0.25) is 0 Å². The zero-order valence-electron chi connectivity index (χ0n) is 13.2. The van der Waals surface area contributed by atoms with Gasteiger partial charge in [0.2, 0.25) is 10.0 Å². The predicted octanol–water partition coefficient (Wildman–Crippen LogP) is 1.95. The molecule has 1 aromatic heterocycles. The molecule has 0 saturated heterocycles. The zero-order valence-corrected chi connectivity index (χ0v) is 14.0. The van der Waals surface area contributed by atoms with Crippen LogP contribution in [0.4, 0.5) is 5.82 Å². The Morgan fingerprint density at radius 1 is 1.33 bits per heavy atom. The van der Waals surface area contributed by atoms with E-state index in [0.717, 1.165) is 12.8 Å². The normalized spacial score (nSPS) is 12.1. The van der Waals surface area contributed by atoms with Gasteiger partial charge >= 0.3 is 0 Å². The van der Waals surface area contributed by atoms with Gasteiger partial charge in [-0.25, -0.2) is 13.4 Å². The van der Waals surface area contributed by atoms with Crippen molar-refractivity contribution in [2.45, 2.75) is 37.6 Å². The smallest absolute Gasteiger partial charge is 0.244 e. The Morgan fingerprint density at radius 2 is 2.00 bits per heavy atom. The molecule has 7 heteroatoms. The number of pyridine rings is 1. The third-order valence-electron chi connectivity index (χ3n) is 3.46. The molecule has 0 aromatic carbocycles. The summed E-state index contributed by atoms with van der Waals surface area (Å²) < 4.78 is 32.2. The van der Waals surface area contributed by atoms with Gasteiger partial charge in [0.05, 0.1) is 6.61 Å². The molecular formula is C14H25N3O3S. The van der Waals surface area contributed by atoms with Crippen molar-refractivity contribution in [3.8, 4) is 0 Å². The van der Waals surface area contributed by atoms with Crippen molar-refractivity contribution in [2.24, 2.45) is 0 Å². The van der Waals surface area contributed by atoms with Crippen LogP contribution in [0, 0.1) is 0 Å². The summed E-state index contributed by atoms with van der Waals surface area (Å²) in [7, 11) is -0.247. The van der Waals surface area contributed by atoms with Crippen LogP contribution in [0.5, 0.6) is 0 Å². The van der Waals surface area contributed by atoms with Crippen LogP contribution in [-0.2, 0) is 14.8 Å². The maximum Gasteiger partial charge on any atom is 0.244 e. The van der Waals surface area contributed by atoms with Crippen LogP contribution in [0.25, 0.3) is 0 Å². The highest BCUT2D eigenvalue weighted by molar-refractivity contribution is 7.89. The van der Waals surface area contributed by atoms with Crippen LogP contribution in [0.3, 0.4) is 0 Å². The standard InChI is InChI=1S/C14H25N3O3S/c1-5-12(6-2)17(9-10-20-4)21(18,19)13-7-8-14(15-3)16-11-13/h7-8,11-12H,5-6,9-10H2,1-4H3,(H,15,16). The Morgan fingerprint density at radius 3 is 2.43 bits per heavy atom. The number of sulfonamides is 1. The van der Waals surface area contributed by atoms with E-state index in [1.165, 1.54) is 10.5 Å². The third kappa shape index (κ3) is 4.39. The molecule has 0 bridgehead atoms. The monoisotopic (exact) mass is 315 g/mol. The first-order valence-electron chi connectivity index (χ1n) is 7.15. The minimum atomic E-state index is -3.56. The third-order valence-corrected chi connectivity index (χ3v) is 5.40. The number of hydrogen-bond donors (Lipinski definition) is 1. The van der Waals surface area contributed by atoms with Crippen LogP contribution in [0.15, 0.2) is 23.2 Å². The molecule has 1 N–H and O–H groups in total. The molecule has 0 fully saturated rings. The maximum atomic E-state index is 12.8. The second-order valence-corrected chi connectivity index (χ2v) is 6.60. The molecule has 0 radical (unpaired) electrons. The van der Waals surface area contributed by atoms with Gasteiger partial charge in [0.15, 0.2) is 0 Å². The largest absolute Gasteiger partial charge is 0.383 e. The molecule has 120 valence electrons.